The average Bonchev–Trinajstić information content (AvgIpc) is 2.79. The van der Waals surface area contributed by atoms with E-state index < -0.39 is 0 Å². The van der Waals surface area contributed by atoms with Crippen LogP contribution in [0.2, 0.25) is 0 Å². The van der Waals surface area contributed by atoms with Crippen LogP contribution in [0.1, 0.15) is 38.9 Å². The summed E-state index contributed by atoms with van der Waals surface area (Å²) in [6, 6.07) is -0.445. The number of imidazole rings is 1. The van der Waals surface area contributed by atoms with Gasteiger partial charge in [0.1, 0.15) is 11.9 Å². The highest BCUT2D eigenvalue weighted by Crippen LogP contribution is 2.14. The molecular weight excluding hydrogens is 268 g/mol. The summed E-state index contributed by atoms with van der Waals surface area (Å²) in [4.78, 5) is 30.5. The second-order valence-corrected chi connectivity index (χ2v) is 5.66. The molecule has 116 valence electrons. The normalized spacial score (nSPS) is 23.1. The molecule has 1 fully saturated rings. The topological polar surface area (TPSA) is 67.2 Å². The molecule has 1 N–H and O–H groups in total. The van der Waals surface area contributed by atoms with Gasteiger partial charge in [0.05, 0.1) is 0 Å². The quantitative estimate of drug-likeness (QED) is 0.883. The zero-order chi connectivity index (χ0) is 15.4. The summed E-state index contributed by atoms with van der Waals surface area (Å²) >= 11 is 0. The Labute approximate surface area is 125 Å². The molecule has 1 aromatic heterocycles. The first kappa shape index (κ1) is 15.5. The minimum Gasteiger partial charge on any atom is -0.344 e. The minimum absolute atomic E-state index is 0.0318. The van der Waals surface area contributed by atoms with Crippen LogP contribution in [0.15, 0.2) is 12.4 Å². The van der Waals surface area contributed by atoms with Crippen LogP contribution in [0.5, 0.6) is 0 Å². The highest BCUT2D eigenvalue weighted by atomic mass is 16.2. The number of aromatic nitrogens is 2. The Hall–Kier alpha value is -1.85. The third kappa shape index (κ3) is 3.62. The van der Waals surface area contributed by atoms with E-state index in [0.717, 1.165) is 12.2 Å². The minimum atomic E-state index is -0.378. The lowest BCUT2D eigenvalue weighted by atomic mass is 10.1. The largest absolute Gasteiger partial charge is 0.344 e. The monoisotopic (exact) mass is 292 g/mol. The van der Waals surface area contributed by atoms with E-state index in [2.05, 4.69) is 10.3 Å². The fraction of sp³-hybridized carbons (Fsp3) is 0.667. The SMILES string of the molecule is CCCC1NC(=O)CC(C)N(CCn2ccnc2C)C1=O. The van der Waals surface area contributed by atoms with Crippen molar-refractivity contribution < 1.29 is 9.59 Å². The van der Waals surface area contributed by atoms with Crippen molar-refractivity contribution in [2.45, 2.75) is 58.7 Å². The Morgan fingerprint density at radius 3 is 2.76 bits per heavy atom. The molecule has 1 saturated heterocycles. The number of rotatable bonds is 5. The number of nitrogens with one attached hydrogen (secondary N) is 1. The fourth-order valence-electron chi connectivity index (χ4n) is 2.78. The molecule has 0 bridgehead atoms. The second kappa shape index (κ2) is 6.74. The lowest BCUT2D eigenvalue weighted by molar-refractivity contribution is -0.135. The molecule has 2 heterocycles. The van der Waals surface area contributed by atoms with E-state index in [9.17, 15) is 9.59 Å². The molecule has 2 amide bonds. The van der Waals surface area contributed by atoms with Gasteiger partial charge in [-0.1, -0.05) is 13.3 Å². The highest BCUT2D eigenvalue weighted by Gasteiger charge is 2.33. The number of nitrogens with zero attached hydrogens (tertiary/aromatic N) is 3. The van der Waals surface area contributed by atoms with Gasteiger partial charge in [-0.3, -0.25) is 9.59 Å². The Bertz CT molecular complexity index is 512. The Balaban J connectivity index is 2.08. The summed E-state index contributed by atoms with van der Waals surface area (Å²) in [5.74, 6) is 0.938. The molecule has 0 aromatic carbocycles. The van der Waals surface area contributed by atoms with E-state index in [4.69, 9.17) is 0 Å². The molecule has 0 aliphatic carbocycles. The van der Waals surface area contributed by atoms with E-state index >= 15 is 0 Å². The third-order valence-electron chi connectivity index (χ3n) is 4.01. The van der Waals surface area contributed by atoms with Crippen molar-refractivity contribution in [1.82, 2.24) is 19.8 Å². The average molecular weight is 292 g/mol. The van der Waals surface area contributed by atoms with Gasteiger partial charge in [0.15, 0.2) is 0 Å². The molecule has 2 unspecified atom stereocenters. The molecule has 1 aromatic rings. The van der Waals surface area contributed by atoms with Crippen LogP contribution in [0.3, 0.4) is 0 Å². The van der Waals surface area contributed by atoms with Crippen LogP contribution in [-0.4, -0.2) is 44.9 Å². The van der Waals surface area contributed by atoms with Crippen molar-refractivity contribution in [3.05, 3.63) is 18.2 Å². The van der Waals surface area contributed by atoms with Crippen molar-refractivity contribution in [2.24, 2.45) is 0 Å². The highest BCUT2D eigenvalue weighted by molar-refractivity contribution is 5.90. The standard InChI is InChI=1S/C15H24N4O2/c1-4-5-13-15(21)19(11(2)10-14(20)17-13)9-8-18-7-6-16-12(18)3/h6-7,11,13H,4-5,8-10H2,1-3H3,(H,17,20). The predicted molar refractivity (Wildman–Crippen MR) is 79.6 cm³/mol. The summed E-state index contributed by atoms with van der Waals surface area (Å²) in [7, 11) is 0. The van der Waals surface area contributed by atoms with Crippen LogP contribution in [0.4, 0.5) is 0 Å². The van der Waals surface area contributed by atoms with Gasteiger partial charge in [-0.05, 0) is 20.3 Å². The molecule has 0 saturated carbocycles. The van der Waals surface area contributed by atoms with Gasteiger partial charge in [0, 0.05) is 37.9 Å². The van der Waals surface area contributed by atoms with Crippen LogP contribution < -0.4 is 5.32 Å². The number of hydrogen-bond acceptors (Lipinski definition) is 3. The summed E-state index contributed by atoms with van der Waals surface area (Å²) < 4.78 is 2.02. The van der Waals surface area contributed by atoms with Gasteiger partial charge in [-0.25, -0.2) is 4.98 Å². The molecular formula is C15H24N4O2. The fourth-order valence-corrected chi connectivity index (χ4v) is 2.78. The van der Waals surface area contributed by atoms with E-state index in [1.54, 1.807) is 6.20 Å². The van der Waals surface area contributed by atoms with Gasteiger partial charge < -0.3 is 14.8 Å². The second-order valence-electron chi connectivity index (χ2n) is 5.66. The summed E-state index contributed by atoms with van der Waals surface area (Å²) in [5, 5.41) is 2.85. The van der Waals surface area contributed by atoms with Crippen LogP contribution in [-0.2, 0) is 16.1 Å². The summed E-state index contributed by atoms with van der Waals surface area (Å²) in [6.07, 6.45) is 5.61. The number of aryl methyl sites for hydroxylation is 1. The molecule has 0 spiro atoms. The Kier molecular flexibility index (Phi) is 4.98. The van der Waals surface area contributed by atoms with Gasteiger partial charge in [0.25, 0.3) is 0 Å². The zero-order valence-electron chi connectivity index (χ0n) is 13.0. The zero-order valence-corrected chi connectivity index (χ0v) is 13.0. The number of carbonyl (C=O) groups excluding carboxylic acids is 2. The van der Waals surface area contributed by atoms with Crippen LogP contribution in [0, 0.1) is 6.92 Å². The maximum atomic E-state index is 12.6. The molecule has 1 aliphatic rings. The molecule has 0 radical (unpaired) electrons. The van der Waals surface area contributed by atoms with Gasteiger partial charge in [-0.2, -0.15) is 0 Å². The third-order valence-corrected chi connectivity index (χ3v) is 4.01. The van der Waals surface area contributed by atoms with Crippen molar-refractivity contribution in [2.75, 3.05) is 6.54 Å². The van der Waals surface area contributed by atoms with E-state index in [1.807, 2.05) is 36.4 Å². The maximum absolute atomic E-state index is 12.6. The predicted octanol–water partition coefficient (Wildman–Crippen LogP) is 1.10. The van der Waals surface area contributed by atoms with Gasteiger partial charge in [0.2, 0.25) is 11.8 Å². The molecule has 2 rings (SSSR count). The molecule has 2 atom stereocenters. The first-order valence-electron chi connectivity index (χ1n) is 7.60. The first-order valence-corrected chi connectivity index (χ1v) is 7.60. The van der Waals surface area contributed by atoms with Crippen LogP contribution >= 0.6 is 0 Å². The number of hydrogen-bond donors (Lipinski definition) is 1. The Morgan fingerprint density at radius 1 is 1.38 bits per heavy atom. The number of carbonyl (C=O) groups is 2. The van der Waals surface area contributed by atoms with Crippen molar-refractivity contribution in [3.63, 3.8) is 0 Å². The van der Waals surface area contributed by atoms with Gasteiger partial charge in [-0.15, -0.1) is 0 Å². The lowest BCUT2D eigenvalue weighted by Crippen LogP contribution is -2.47. The van der Waals surface area contributed by atoms with Crippen LogP contribution in [0.25, 0.3) is 0 Å². The Morgan fingerprint density at radius 2 is 2.14 bits per heavy atom. The maximum Gasteiger partial charge on any atom is 0.245 e. The smallest absolute Gasteiger partial charge is 0.245 e. The number of amides is 2. The molecule has 6 heteroatoms. The van der Waals surface area contributed by atoms with E-state index in [1.165, 1.54) is 0 Å². The summed E-state index contributed by atoms with van der Waals surface area (Å²) in [5.41, 5.74) is 0. The van der Waals surface area contributed by atoms with E-state index in [-0.39, 0.29) is 23.9 Å². The van der Waals surface area contributed by atoms with Crippen molar-refractivity contribution >= 4 is 11.8 Å². The molecule has 1 aliphatic heterocycles. The molecule has 6 nitrogen and oxygen atoms in total. The first-order chi connectivity index (χ1) is 10.0. The molecule has 21 heavy (non-hydrogen) atoms. The van der Waals surface area contributed by atoms with Crippen molar-refractivity contribution in [1.29, 1.82) is 0 Å². The summed E-state index contributed by atoms with van der Waals surface area (Å²) in [6.45, 7) is 7.21. The van der Waals surface area contributed by atoms with E-state index in [0.29, 0.717) is 25.9 Å². The van der Waals surface area contributed by atoms with Gasteiger partial charge >= 0.3 is 0 Å². The lowest BCUT2D eigenvalue weighted by Gasteiger charge is -2.29. The van der Waals surface area contributed by atoms with Crippen molar-refractivity contribution in [3.8, 4) is 0 Å².